The SMILES string of the molecule is COc1cccc(C=Nn2c(-c3cccc(C)c3)n[nH]c2=S)c1OC. The minimum atomic E-state index is 0.412. The second-order valence-electron chi connectivity index (χ2n) is 5.36. The third-order valence-electron chi connectivity index (χ3n) is 3.67. The van der Waals surface area contributed by atoms with E-state index in [1.807, 2.05) is 49.4 Å². The van der Waals surface area contributed by atoms with Gasteiger partial charge in [0.15, 0.2) is 17.3 Å². The van der Waals surface area contributed by atoms with E-state index in [0.29, 0.717) is 22.1 Å². The molecule has 0 aliphatic heterocycles. The van der Waals surface area contributed by atoms with Gasteiger partial charge in [0.2, 0.25) is 4.77 Å². The van der Waals surface area contributed by atoms with Crippen LogP contribution in [0, 0.1) is 11.7 Å². The van der Waals surface area contributed by atoms with Crippen molar-refractivity contribution in [2.24, 2.45) is 5.10 Å². The molecule has 1 N–H and O–H groups in total. The van der Waals surface area contributed by atoms with Gasteiger partial charge in [-0.25, -0.2) is 5.10 Å². The van der Waals surface area contributed by atoms with Crippen molar-refractivity contribution in [3.8, 4) is 22.9 Å². The Labute approximate surface area is 150 Å². The molecule has 0 bridgehead atoms. The third kappa shape index (κ3) is 3.46. The van der Waals surface area contributed by atoms with Crippen LogP contribution in [-0.2, 0) is 0 Å². The Bertz CT molecular complexity index is 975. The number of hydrogen-bond donors (Lipinski definition) is 1. The monoisotopic (exact) mass is 354 g/mol. The van der Waals surface area contributed by atoms with Gasteiger partial charge in [-0.15, -0.1) is 0 Å². The van der Waals surface area contributed by atoms with Crippen LogP contribution in [0.25, 0.3) is 11.4 Å². The summed E-state index contributed by atoms with van der Waals surface area (Å²) in [6.07, 6.45) is 1.67. The lowest BCUT2D eigenvalue weighted by Gasteiger charge is -2.09. The molecule has 25 heavy (non-hydrogen) atoms. The fourth-order valence-electron chi connectivity index (χ4n) is 2.50. The number of aryl methyl sites for hydroxylation is 1. The smallest absolute Gasteiger partial charge is 0.216 e. The number of nitrogens with one attached hydrogen (secondary N) is 1. The van der Waals surface area contributed by atoms with E-state index in [1.54, 1.807) is 25.1 Å². The van der Waals surface area contributed by atoms with Crippen LogP contribution in [-0.4, -0.2) is 35.3 Å². The number of aromatic amines is 1. The van der Waals surface area contributed by atoms with Gasteiger partial charge < -0.3 is 9.47 Å². The summed E-state index contributed by atoms with van der Waals surface area (Å²) in [6.45, 7) is 2.03. The van der Waals surface area contributed by atoms with Gasteiger partial charge in [-0.3, -0.25) is 0 Å². The van der Waals surface area contributed by atoms with Crippen molar-refractivity contribution in [2.75, 3.05) is 14.2 Å². The molecule has 128 valence electrons. The maximum absolute atomic E-state index is 5.42. The maximum atomic E-state index is 5.42. The van der Waals surface area contributed by atoms with Crippen LogP contribution in [0.1, 0.15) is 11.1 Å². The highest BCUT2D eigenvalue weighted by Crippen LogP contribution is 2.29. The average molecular weight is 354 g/mol. The number of ether oxygens (including phenoxy) is 2. The van der Waals surface area contributed by atoms with Gasteiger partial charge in [0.05, 0.1) is 20.4 Å². The number of benzene rings is 2. The van der Waals surface area contributed by atoms with Gasteiger partial charge in [-0.1, -0.05) is 29.8 Å². The highest BCUT2D eigenvalue weighted by atomic mass is 32.1. The first-order valence-electron chi connectivity index (χ1n) is 7.64. The largest absolute Gasteiger partial charge is 0.493 e. The number of aromatic nitrogens is 3. The van der Waals surface area contributed by atoms with Crippen molar-refractivity contribution < 1.29 is 9.47 Å². The molecule has 0 fully saturated rings. The number of para-hydroxylation sites is 1. The molecule has 1 heterocycles. The Hall–Kier alpha value is -2.93. The first kappa shape index (κ1) is 16.9. The summed E-state index contributed by atoms with van der Waals surface area (Å²) in [7, 11) is 3.19. The minimum absolute atomic E-state index is 0.412. The van der Waals surface area contributed by atoms with Gasteiger partial charge in [-0.2, -0.15) is 14.9 Å². The molecular weight excluding hydrogens is 336 g/mol. The molecule has 2 aromatic carbocycles. The van der Waals surface area contributed by atoms with E-state index in [9.17, 15) is 0 Å². The quantitative estimate of drug-likeness (QED) is 0.559. The van der Waals surface area contributed by atoms with Crippen LogP contribution in [0.3, 0.4) is 0 Å². The summed E-state index contributed by atoms with van der Waals surface area (Å²) < 4.78 is 12.7. The summed E-state index contributed by atoms with van der Waals surface area (Å²) in [5, 5.41) is 11.6. The standard InChI is InChI=1S/C18H18N4O2S/c1-12-6-4-7-13(10-12)17-20-21-18(25)22(17)19-11-14-8-5-9-15(23-2)16(14)24-3/h4-11H,1-3H3,(H,21,25). The summed E-state index contributed by atoms with van der Waals surface area (Å²) in [5.74, 6) is 1.90. The van der Waals surface area contributed by atoms with Crippen molar-refractivity contribution in [3.63, 3.8) is 0 Å². The average Bonchev–Trinajstić information content (AvgIpc) is 3.00. The van der Waals surface area contributed by atoms with E-state index in [4.69, 9.17) is 21.7 Å². The molecule has 0 unspecified atom stereocenters. The Morgan fingerprint density at radius 1 is 1.16 bits per heavy atom. The van der Waals surface area contributed by atoms with E-state index in [2.05, 4.69) is 15.3 Å². The van der Waals surface area contributed by atoms with Gasteiger partial charge in [-0.05, 0) is 37.3 Å². The molecule has 0 spiro atoms. The lowest BCUT2D eigenvalue weighted by molar-refractivity contribution is 0.354. The molecule has 0 amide bonds. The molecule has 0 aliphatic rings. The second kappa shape index (κ2) is 7.31. The molecular formula is C18H18N4O2S. The molecule has 0 radical (unpaired) electrons. The molecule has 3 aromatic rings. The number of methoxy groups -OCH3 is 2. The van der Waals surface area contributed by atoms with Crippen LogP contribution in [0.4, 0.5) is 0 Å². The van der Waals surface area contributed by atoms with Crippen LogP contribution >= 0.6 is 12.2 Å². The third-order valence-corrected chi connectivity index (χ3v) is 3.94. The molecule has 7 heteroatoms. The molecule has 3 rings (SSSR count). The zero-order valence-electron chi connectivity index (χ0n) is 14.2. The maximum Gasteiger partial charge on any atom is 0.216 e. The lowest BCUT2D eigenvalue weighted by atomic mass is 10.1. The van der Waals surface area contributed by atoms with Crippen molar-refractivity contribution in [1.82, 2.24) is 14.9 Å². The predicted molar refractivity (Wildman–Crippen MR) is 100 cm³/mol. The molecule has 0 aliphatic carbocycles. The lowest BCUT2D eigenvalue weighted by Crippen LogP contribution is -1.98. The van der Waals surface area contributed by atoms with Crippen LogP contribution in [0.5, 0.6) is 11.5 Å². The first-order chi connectivity index (χ1) is 12.1. The number of nitrogens with zero attached hydrogens (tertiary/aromatic N) is 3. The molecule has 6 nitrogen and oxygen atoms in total. The fourth-order valence-corrected chi connectivity index (χ4v) is 2.68. The Kier molecular flexibility index (Phi) is 4.95. The van der Waals surface area contributed by atoms with Gasteiger partial charge >= 0.3 is 0 Å². The van der Waals surface area contributed by atoms with Crippen LogP contribution < -0.4 is 9.47 Å². The van der Waals surface area contributed by atoms with Crippen molar-refractivity contribution in [2.45, 2.75) is 6.92 Å². The van der Waals surface area contributed by atoms with E-state index in [1.165, 1.54) is 0 Å². The minimum Gasteiger partial charge on any atom is -0.493 e. The van der Waals surface area contributed by atoms with Gasteiger partial charge in [0, 0.05) is 11.1 Å². The fraction of sp³-hybridized carbons (Fsp3) is 0.167. The van der Waals surface area contributed by atoms with Crippen LogP contribution in [0.2, 0.25) is 0 Å². The molecule has 0 atom stereocenters. The second-order valence-corrected chi connectivity index (χ2v) is 5.75. The topological polar surface area (TPSA) is 64.4 Å². The van der Waals surface area contributed by atoms with E-state index < -0.39 is 0 Å². The first-order valence-corrected chi connectivity index (χ1v) is 8.04. The summed E-state index contributed by atoms with van der Waals surface area (Å²) >= 11 is 5.31. The molecule has 0 saturated carbocycles. The van der Waals surface area contributed by atoms with Crippen molar-refractivity contribution in [3.05, 3.63) is 58.4 Å². The van der Waals surface area contributed by atoms with Gasteiger partial charge in [0.1, 0.15) is 0 Å². The normalized spacial score (nSPS) is 11.0. The summed E-state index contributed by atoms with van der Waals surface area (Å²) in [5.41, 5.74) is 2.85. The Balaban J connectivity index is 2.04. The van der Waals surface area contributed by atoms with Crippen molar-refractivity contribution in [1.29, 1.82) is 0 Å². The summed E-state index contributed by atoms with van der Waals surface area (Å²) in [4.78, 5) is 0. The number of H-pyrrole nitrogens is 1. The predicted octanol–water partition coefficient (Wildman–Crippen LogP) is 3.82. The number of hydrogen-bond acceptors (Lipinski definition) is 5. The summed E-state index contributed by atoms with van der Waals surface area (Å²) in [6, 6.07) is 13.6. The molecule has 1 aromatic heterocycles. The zero-order valence-corrected chi connectivity index (χ0v) is 15.0. The van der Waals surface area contributed by atoms with Crippen LogP contribution in [0.15, 0.2) is 47.6 Å². The zero-order chi connectivity index (χ0) is 17.8. The van der Waals surface area contributed by atoms with E-state index >= 15 is 0 Å². The van der Waals surface area contributed by atoms with E-state index in [0.717, 1.165) is 16.7 Å². The Morgan fingerprint density at radius 3 is 2.68 bits per heavy atom. The van der Waals surface area contributed by atoms with E-state index in [-0.39, 0.29) is 0 Å². The number of rotatable bonds is 5. The van der Waals surface area contributed by atoms with Gasteiger partial charge in [0.25, 0.3) is 0 Å². The van der Waals surface area contributed by atoms with Crippen molar-refractivity contribution >= 4 is 18.4 Å². The molecule has 0 saturated heterocycles. The highest BCUT2D eigenvalue weighted by molar-refractivity contribution is 7.71. The Morgan fingerprint density at radius 2 is 1.96 bits per heavy atom. The highest BCUT2D eigenvalue weighted by Gasteiger charge is 2.10.